The Balaban J connectivity index is 1.32. The first-order chi connectivity index (χ1) is 17.0. The van der Waals surface area contributed by atoms with Gasteiger partial charge in [0, 0.05) is 65.2 Å². The molecule has 1 unspecified atom stereocenters. The van der Waals surface area contributed by atoms with Gasteiger partial charge in [0.05, 0.1) is 20.1 Å². The highest BCUT2D eigenvalue weighted by Crippen LogP contribution is 2.32. The lowest BCUT2D eigenvalue weighted by Gasteiger charge is -2.19. The minimum Gasteiger partial charge on any atom is -0.497 e. The topological polar surface area (TPSA) is 72.8 Å². The number of likely N-dealkylation sites (tertiary alicyclic amines) is 1. The zero-order chi connectivity index (χ0) is 24.5. The molecule has 180 valence electrons. The van der Waals surface area contributed by atoms with Crippen LogP contribution in [0.4, 0.5) is 5.69 Å². The molecular weight excluding hydrogens is 442 g/mol. The molecule has 1 aromatic heterocycles. The summed E-state index contributed by atoms with van der Waals surface area (Å²) in [6.45, 7) is 3.76. The van der Waals surface area contributed by atoms with Crippen molar-refractivity contribution in [2.75, 3.05) is 26.1 Å². The van der Waals surface area contributed by atoms with Gasteiger partial charge < -0.3 is 24.3 Å². The molecule has 35 heavy (non-hydrogen) atoms. The number of hydrogen-bond acceptors (Lipinski definition) is 4. The third-order valence-electron chi connectivity index (χ3n) is 6.80. The third-order valence-corrected chi connectivity index (χ3v) is 6.80. The zero-order valence-corrected chi connectivity index (χ0v) is 20.2. The third kappa shape index (κ3) is 4.18. The Kier molecular flexibility index (Phi) is 6.07. The Morgan fingerprint density at radius 1 is 1.00 bits per heavy atom. The number of benzene rings is 3. The van der Waals surface area contributed by atoms with E-state index in [4.69, 9.17) is 9.47 Å². The van der Waals surface area contributed by atoms with Gasteiger partial charge in [-0.15, -0.1) is 0 Å². The van der Waals surface area contributed by atoms with Crippen LogP contribution in [-0.4, -0.2) is 42.0 Å². The number of nitrogens with zero attached hydrogens (tertiary/aromatic N) is 2. The van der Waals surface area contributed by atoms with Gasteiger partial charge in [0.1, 0.15) is 11.5 Å². The van der Waals surface area contributed by atoms with Crippen molar-refractivity contribution in [1.29, 1.82) is 0 Å². The monoisotopic (exact) mass is 471 g/mol. The van der Waals surface area contributed by atoms with Crippen LogP contribution < -0.4 is 14.8 Å². The average Bonchev–Trinajstić information content (AvgIpc) is 3.41. The first kappa shape index (κ1) is 22.8. The molecule has 1 aliphatic heterocycles. The van der Waals surface area contributed by atoms with Crippen molar-refractivity contribution in [3.8, 4) is 11.5 Å². The number of methoxy groups -OCH3 is 2. The number of amides is 2. The molecule has 0 radical (unpaired) electrons. The summed E-state index contributed by atoms with van der Waals surface area (Å²) in [5.41, 5.74) is 3.94. The summed E-state index contributed by atoms with van der Waals surface area (Å²) in [6.07, 6.45) is 0.196. The zero-order valence-electron chi connectivity index (χ0n) is 20.2. The number of carbonyl (C=O) groups excluding carboxylic acids is 2. The van der Waals surface area contributed by atoms with Crippen molar-refractivity contribution in [3.05, 3.63) is 66.2 Å². The first-order valence-electron chi connectivity index (χ1n) is 11.8. The number of anilines is 1. The number of aryl methyl sites for hydroxylation is 1. The molecule has 2 heterocycles. The Morgan fingerprint density at radius 3 is 2.57 bits per heavy atom. The largest absolute Gasteiger partial charge is 0.497 e. The summed E-state index contributed by atoms with van der Waals surface area (Å²) >= 11 is 0. The number of fused-ring (bicyclic) bond motifs is 3. The maximum absolute atomic E-state index is 13.1. The fraction of sp³-hybridized carbons (Fsp3) is 0.286. The normalized spacial score (nSPS) is 15.7. The molecule has 4 aromatic rings. The van der Waals surface area contributed by atoms with Gasteiger partial charge in [-0.05, 0) is 43.3 Å². The highest BCUT2D eigenvalue weighted by Gasteiger charge is 2.34. The maximum atomic E-state index is 13.1. The quantitative estimate of drug-likeness (QED) is 0.420. The SMILES string of the molecule is CCn1c2ccccc2c2cc(NC(=O)C3CC(=O)N(Cc4ccc(OC)cc4OC)C3)ccc21. The highest BCUT2D eigenvalue weighted by atomic mass is 16.5. The first-order valence-corrected chi connectivity index (χ1v) is 11.8. The summed E-state index contributed by atoms with van der Waals surface area (Å²) < 4.78 is 13.0. The number of carbonyl (C=O) groups is 2. The lowest BCUT2D eigenvalue weighted by Crippen LogP contribution is -2.28. The smallest absolute Gasteiger partial charge is 0.229 e. The van der Waals surface area contributed by atoms with Crippen molar-refractivity contribution in [3.63, 3.8) is 0 Å². The van der Waals surface area contributed by atoms with Crippen LogP contribution in [0.15, 0.2) is 60.7 Å². The van der Waals surface area contributed by atoms with Gasteiger partial charge in [-0.3, -0.25) is 9.59 Å². The molecule has 2 amide bonds. The van der Waals surface area contributed by atoms with E-state index < -0.39 is 5.92 Å². The number of aromatic nitrogens is 1. The Hall–Kier alpha value is -4.00. The van der Waals surface area contributed by atoms with E-state index in [0.29, 0.717) is 24.6 Å². The van der Waals surface area contributed by atoms with E-state index in [9.17, 15) is 9.59 Å². The van der Waals surface area contributed by atoms with E-state index in [1.165, 1.54) is 5.52 Å². The van der Waals surface area contributed by atoms with Crippen LogP contribution in [0.25, 0.3) is 21.8 Å². The minimum absolute atomic E-state index is 0.0375. The van der Waals surface area contributed by atoms with Crippen molar-refractivity contribution in [2.45, 2.75) is 26.4 Å². The second-order valence-corrected chi connectivity index (χ2v) is 8.84. The lowest BCUT2D eigenvalue weighted by atomic mass is 10.1. The second-order valence-electron chi connectivity index (χ2n) is 8.84. The van der Waals surface area contributed by atoms with Gasteiger partial charge in [0.2, 0.25) is 11.8 Å². The van der Waals surface area contributed by atoms with Crippen LogP contribution in [-0.2, 0) is 22.7 Å². The molecule has 7 heteroatoms. The van der Waals surface area contributed by atoms with Crippen LogP contribution in [0.5, 0.6) is 11.5 Å². The molecule has 1 fully saturated rings. The highest BCUT2D eigenvalue weighted by molar-refractivity contribution is 6.10. The van der Waals surface area contributed by atoms with Gasteiger partial charge in [0.25, 0.3) is 0 Å². The number of ether oxygens (including phenoxy) is 2. The minimum atomic E-state index is -0.403. The van der Waals surface area contributed by atoms with E-state index in [1.54, 1.807) is 25.2 Å². The van der Waals surface area contributed by atoms with Crippen molar-refractivity contribution in [2.24, 2.45) is 5.92 Å². The Labute approximate surface area is 204 Å². The summed E-state index contributed by atoms with van der Waals surface area (Å²) in [7, 11) is 3.19. The molecule has 0 aliphatic carbocycles. The molecule has 1 aliphatic rings. The van der Waals surface area contributed by atoms with Crippen LogP contribution >= 0.6 is 0 Å². The molecular formula is C28H29N3O4. The van der Waals surface area contributed by atoms with Crippen molar-refractivity contribution >= 4 is 39.3 Å². The Bertz CT molecular complexity index is 1420. The molecule has 0 bridgehead atoms. The van der Waals surface area contributed by atoms with Crippen LogP contribution in [0.2, 0.25) is 0 Å². The number of hydrogen-bond donors (Lipinski definition) is 1. The van der Waals surface area contributed by atoms with E-state index in [0.717, 1.165) is 34.1 Å². The van der Waals surface area contributed by atoms with E-state index in [2.05, 4.69) is 35.0 Å². The number of nitrogens with one attached hydrogen (secondary N) is 1. The fourth-order valence-corrected chi connectivity index (χ4v) is 5.01. The van der Waals surface area contributed by atoms with E-state index >= 15 is 0 Å². The molecule has 0 saturated carbocycles. The van der Waals surface area contributed by atoms with Crippen molar-refractivity contribution in [1.82, 2.24) is 9.47 Å². The fourth-order valence-electron chi connectivity index (χ4n) is 5.01. The van der Waals surface area contributed by atoms with Crippen LogP contribution in [0.3, 0.4) is 0 Å². The molecule has 7 nitrogen and oxygen atoms in total. The number of para-hydroxylation sites is 1. The Morgan fingerprint density at radius 2 is 1.80 bits per heavy atom. The predicted molar refractivity (Wildman–Crippen MR) is 137 cm³/mol. The van der Waals surface area contributed by atoms with Gasteiger partial charge >= 0.3 is 0 Å². The maximum Gasteiger partial charge on any atom is 0.229 e. The van der Waals surface area contributed by atoms with E-state index in [-0.39, 0.29) is 18.2 Å². The summed E-state index contributed by atoms with van der Waals surface area (Å²) in [4.78, 5) is 27.5. The van der Waals surface area contributed by atoms with Gasteiger partial charge in [0.15, 0.2) is 0 Å². The molecule has 1 N–H and O–H groups in total. The molecule has 1 saturated heterocycles. The van der Waals surface area contributed by atoms with Crippen LogP contribution in [0.1, 0.15) is 18.9 Å². The standard InChI is InChI=1S/C28H29N3O4/c1-4-31-24-8-6-5-7-22(24)23-14-20(10-12-25(23)31)29-28(33)19-13-27(32)30(17-19)16-18-9-11-21(34-2)15-26(18)35-3/h5-12,14-15,19H,4,13,16-17H2,1-3H3,(H,29,33). The number of rotatable bonds is 7. The summed E-state index contributed by atoms with van der Waals surface area (Å²) in [5, 5.41) is 5.31. The molecule has 3 aromatic carbocycles. The van der Waals surface area contributed by atoms with Gasteiger partial charge in [-0.25, -0.2) is 0 Å². The van der Waals surface area contributed by atoms with Gasteiger partial charge in [-0.2, -0.15) is 0 Å². The lowest BCUT2D eigenvalue weighted by molar-refractivity contribution is -0.128. The second kappa shape index (κ2) is 9.33. The summed E-state index contributed by atoms with van der Waals surface area (Å²) in [5.74, 6) is 0.768. The molecule has 0 spiro atoms. The summed E-state index contributed by atoms with van der Waals surface area (Å²) in [6, 6.07) is 19.8. The average molecular weight is 472 g/mol. The van der Waals surface area contributed by atoms with Crippen molar-refractivity contribution < 1.29 is 19.1 Å². The predicted octanol–water partition coefficient (Wildman–Crippen LogP) is 4.82. The van der Waals surface area contributed by atoms with E-state index in [1.807, 2.05) is 36.4 Å². The molecule has 5 rings (SSSR count). The molecule has 1 atom stereocenters. The van der Waals surface area contributed by atoms with Crippen LogP contribution in [0, 0.1) is 5.92 Å². The van der Waals surface area contributed by atoms with Gasteiger partial charge in [-0.1, -0.05) is 18.2 Å².